The van der Waals surface area contributed by atoms with Crippen LogP contribution < -0.4 is 0 Å². The molecule has 1 atom stereocenters. The third kappa shape index (κ3) is 4.69. The smallest absolute Gasteiger partial charge is 0.306 e. The Bertz CT molecular complexity index is 461. The van der Waals surface area contributed by atoms with Gasteiger partial charge < -0.3 is 4.74 Å². The molecule has 0 heterocycles. The van der Waals surface area contributed by atoms with Crippen molar-refractivity contribution < 1.29 is 14.3 Å². The molecule has 114 valence electrons. The zero-order chi connectivity index (χ0) is 15.1. The van der Waals surface area contributed by atoms with Crippen LogP contribution in [0.15, 0.2) is 30.3 Å². The Morgan fingerprint density at radius 3 is 2.38 bits per heavy atom. The van der Waals surface area contributed by atoms with Gasteiger partial charge in [-0.2, -0.15) is 0 Å². The quantitative estimate of drug-likeness (QED) is 0.746. The van der Waals surface area contributed by atoms with E-state index in [-0.39, 0.29) is 24.2 Å². The summed E-state index contributed by atoms with van der Waals surface area (Å²) in [7, 11) is 1.40. The molecule has 1 aromatic rings. The molecule has 1 aromatic carbocycles. The second-order valence-corrected chi connectivity index (χ2v) is 5.89. The molecule has 3 heteroatoms. The lowest BCUT2D eigenvalue weighted by Crippen LogP contribution is -2.21. The molecular weight excluding hydrogens is 264 g/mol. The minimum absolute atomic E-state index is 0.0620. The van der Waals surface area contributed by atoms with Gasteiger partial charge in [-0.1, -0.05) is 49.6 Å². The van der Waals surface area contributed by atoms with Crippen molar-refractivity contribution in [2.45, 2.75) is 50.9 Å². The SMILES string of the molecule is COC(=O)C[C@H](CC(=O)C1CCCCC1)c1ccccc1. The number of hydrogen-bond donors (Lipinski definition) is 0. The van der Waals surface area contributed by atoms with Gasteiger partial charge in [-0.3, -0.25) is 9.59 Å². The normalized spacial score (nSPS) is 17.2. The number of Topliss-reactive ketones (excluding diaryl/α,β-unsaturated/α-hetero) is 1. The van der Waals surface area contributed by atoms with Crippen LogP contribution in [0.2, 0.25) is 0 Å². The number of rotatable bonds is 6. The maximum Gasteiger partial charge on any atom is 0.306 e. The van der Waals surface area contributed by atoms with E-state index in [4.69, 9.17) is 4.74 Å². The van der Waals surface area contributed by atoms with Crippen LogP contribution in [-0.2, 0) is 14.3 Å². The van der Waals surface area contributed by atoms with Gasteiger partial charge in [0, 0.05) is 18.3 Å². The maximum atomic E-state index is 12.5. The Morgan fingerprint density at radius 1 is 1.10 bits per heavy atom. The lowest BCUT2D eigenvalue weighted by molar-refractivity contribution is -0.141. The van der Waals surface area contributed by atoms with Crippen LogP contribution in [0, 0.1) is 5.92 Å². The van der Waals surface area contributed by atoms with Crippen molar-refractivity contribution in [3.8, 4) is 0 Å². The first-order valence-corrected chi connectivity index (χ1v) is 7.85. The van der Waals surface area contributed by atoms with Crippen LogP contribution in [0.25, 0.3) is 0 Å². The van der Waals surface area contributed by atoms with E-state index >= 15 is 0 Å². The summed E-state index contributed by atoms with van der Waals surface area (Å²) >= 11 is 0. The fraction of sp³-hybridized carbons (Fsp3) is 0.556. The van der Waals surface area contributed by atoms with Gasteiger partial charge in [-0.05, 0) is 18.4 Å². The van der Waals surface area contributed by atoms with Gasteiger partial charge >= 0.3 is 5.97 Å². The summed E-state index contributed by atoms with van der Waals surface area (Å²) in [5.41, 5.74) is 1.05. The van der Waals surface area contributed by atoms with Crippen molar-refractivity contribution in [3.63, 3.8) is 0 Å². The second kappa shape index (κ2) is 7.96. The second-order valence-electron chi connectivity index (χ2n) is 5.89. The Labute approximate surface area is 126 Å². The van der Waals surface area contributed by atoms with E-state index in [0.717, 1.165) is 31.2 Å². The third-order valence-corrected chi connectivity index (χ3v) is 4.42. The number of benzene rings is 1. The molecule has 0 spiro atoms. The minimum atomic E-state index is -0.250. The number of ether oxygens (including phenoxy) is 1. The summed E-state index contributed by atoms with van der Waals surface area (Å²) in [6, 6.07) is 9.82. The predicted molar refractivity (Wildman–Crippen MR) is 82.0 cm³/mol. The van der Waals surface area contributed by atoms with Crippen molar-refractivity contribution in [3.05, 3.63) is 35.9 Å². The van der Waals surface area contributed by atoms with Gasteiger partial charge in [0.1, 0.15) is 5.78 Å². The molecule has 0 bridgehead atoms. The third-order valence-electron chi connectivity index (χ3n) is 4.42. The Hall–Kier alpha value is -1.64. The number of carbonyl (C=O) groups is 2. The summed E-state index contributed by atoms with van der Waals surface area (Å²) in [6.45, 7) is 0. The van der Waals surface area contributed by atoms with Crippen molar-refractivity contribution in [2.75, 3.05) is 7.11 Å². The van der Waals surface area contributed by atoms with Gasteiger partial charge in [0.05, 0.1) is 13.5 Å². The van der Waals surface area contributed by atoms with Crippen LogP contribution in [0.3, 0.4) is 0 Å². The lowest BCUT2D eigenvalue weighted by atomic mass is 9.81. The Morgan fingerprint density at radius 2 is 1.76 bits per heavy atom. The molecule has 1 saturated carbocycles. The van der Waals surface area contributed by atoms with Crippen molar-refractivity contribution in [2.24, 2.45) is 5.92 Å². The first kappa shape index (κ1) is 15.7. The molecule has 0 aromatic heterocycles. The highest BCUT2D eigenvalue weighted by atomic mass is 16.5. The average Bonchev–Trinajstić information content (AvgIpc) is 2.55. The summed E-state index contributed by atoms with van der Waals surface area (Å²) in [6.07, 6.45) is 6.31. The average molecular weight is 288 g/mol. The topological polar surface area (TPSA) is 43.4 Å². The molecule has 1 aliphatic carbocycles. The molecule has 3 nitrogen and oxygen atoms in total. The van der Waals surface area contributed by atoms with Crippen molar-refractivity contribution >= 4 is 11.8 Å². The summed E-state index contributed by atoms with van der Waals surface area (Å²) in [5.74, 6) is 0.198. The molecule has 0 radical (unpaired) electrons. The minimum Gasteiger partial charge on any atom is -0.469 e. The summed E-state index contributed by atoms with van der Waals surface area (Å²) < 4.78 is 4.78. The Balaban J connectivity index is 2.04. The molecule has 0 aliphatic heterocycles. The summed E-state index contributed by atoms with van der Waals surface area (Å²) in [4.78, 5) is 24.1. The van der Waals surface area contributed by atoms with Gasteiger partial charge in [-0.15, -0.1) is 0 Å². The molecule has 0 amide bonds. The van der Waals surface area contributed by atoms with Crippen molar-refractivity contribution in [1.82, 2.24) is 0 Å². The number of methoxy groups -OCH3 is 1. The molecular formula is C18H24O3. The molecule has 1 aliphatic rings. The van der Waals surface area contributed by atoms with E-state index in [2.05, 4.69) is 0 Å². The van der Waals surface area contributed by atoms with Gasteiger partial charge in [0.25, 0.3) is 0 Å². The summed E-state index contributed by atoms with van der Waals surface area (Å²) in [5, 5.41) is 0. The van der Waals surface area contributed by atoms with Gasteiger partial charge in [0.2, 0.25) is 0 Å². The zero-order valence-corrected chi connectivity index (χ0v) is 12.7. The lowest BCUT2D eigenvalue weighted by Gasteiger charge is -2.23. The van der Waals surface area contributed by atoms with E-state index in [1.165, 1.54) is 13.5 Å². The van der Waals surface area contributed by atoms with Crippen molar-refractivity contribution in [1.29, 1.82) is 0 Å². The Kier molecular flexibility index (Phi) is 5.97. The van der Waals surface area contributed by atoms with E-state index in [1.807, 2.05) is 30.3 Å². The number of carbonyl (C=O) groups excluding carboxylic acids is 2. The van der Waals surface area contributed by atoms with E-state index in [9.17, 15) is 9.59 Å². The number of ketones is 1. The molecule has 0 N–H and O–H groups in total. The van der Waals surface area contributed by atoms with Crippen LogP contribution in [-0.4, -0.2) is 18.9 Å². The van der Waals surface area contributed by atoms with Crippen LogP contribution >= 0.6 is 0 Å². The van der Waals surface area contributed by atoms with Crippen LogP contribution in [0.4, 0.5) is 0 Å². The number of esters is 1. The monoisotopic (exact) mass is 288 g/mol. The maximum absolute atomic E-state index is 12.5. The standard InChI is InChI=1S/C18H24O3/c1-21-18(20)13-16(14-8-4-2-5-9-14)12-17(19)15-10-6-3-7-11-15/h2,4-5,8-9,15-16H,3,6-7,10-13H2,1H3/t16-/m0/s1. The fourth-order valence-electron chi connectivity index (χ4n) is 3.15. The highest BCUT2D eigenvalue weighted by Gasteiger charge is 2.26. The predicted octanol–water partition coefficient (Wildman–Crippen LogP) is 3.87. The van der Waals surface area contributed by atoms with Crippen LogP contribution in [0.5, 0.6) is 0 Å². The first-order valence-electron chi connectivity index (χ1n) is 7.85. The largest absolute Gasteiger partial charge is 0.469 e. The first-order chi connectivity index (χ1) is 10.2. The van der Waals surface area contributed by atoms with E-state index in [0.29, 0.717) is 12.2 Å². The molecule has 2 rings (SSSR count). The van der Waals surface area contributed by atoms with Gasteiger partial charge in [0.15, 0.2) is 0 Å². The number of hydrogen-bond acceptors (Lipinski definition) is 3. The van der Waals surface area contributed by atoms with Gasteiger partial charge in [-0.25, -0.2) is 0 Å². The highest BCUT2D eigenvalue weighted by molar-refractivity contribution is 5.83. The van der Waals surface area contributed by atoms with E-state index < -0.39 is 0 Å². The fourth-order valence-corrected chi connectivity index (χ4v) is 3.15. The zero-order valence-electron chi connectivity index (χ0n) is 12.7. The van der Waals surface area contributed by atoms with Crippen LogP contribution in [0.1, 0.15) is 56.4 Å². The molecule has 1 fully saturated rings. The van der Waals surface area contributed by atoms with E-state index in [1.54, 1.807) is 0 Å². The molecule has 0 saturated heterocycles. The molecule has 21 heavy (non-hydrogen) atoms. The highest BCUT2D eigenvalue weighted by Crippen LogP contribution is 2.30. The molecule has 0 unspecified atom stereocenters.